The Labute approximate surface area is 133 Å². The summed E-state index contributed by atoms with van der Waals surface area (Å²) in [6, 6.07) is 0. The van der Waals surface area contributed by atoms with Gasteiger partial charge in [0.15, 0.2) is 0 Å². The monoisotopic (exact) mass is 409 g/mol. The number of rotatable bonds is 2. The molecule has 1 N–H and O–H groups in total. The van der Waals surface area contributed by atoms with Crippen molar-refractivity contribution < 1.29 is 53.1 Å². The molecule has 4 nitrogen and oxygen atoms in total. The predicted octanol–water partition coefficient (Wildman–Crippen LogP) is 3.38. The SMILES string of the molecule is O=C(Nc1nncs1)C1(F)C(F)(F)C(F)(F)C(F)(F)C(F)(F)C1(F)F. The second-order valence-electron chi connectivity index (χ2n) is 4.73. The Bertz CT molecular complexity index is 659. The Morgan fingerprint density at radius 1 is 0.800 bits per heavy atom. The standard InChI is InChI=1S/C9H2F11N3OS/c10-4(2(24)22-3-23-21-1-25-3)5(11,12)7(15,16)9(19,20)8(17,18)6(4,13)14/h1H,(H,22,23,24). The van der Waals surface area contributed by atoms with E-state index in [-0.39, 0.29) is 11.3 Å². The average Bonchev–Trinajstić information content (AvgIpc) is 2.96. The highest BCUT2D eigenvalue weighted by Crippen LogP contribution is 2.69. The summed E-state index contributed by atoms with van der Waals surface area (Å²) in [6.45, 7) is 0. The summed E-state index contributed by atoms with van der Waals surface area (Å²) in [5.41, 5.74) is -6.00. The first-order chi connectivity index (χ1) is 11.0. The van der Waals surface area contributed by atoms with Crippen molar-refractivity contribution in [2.24, 2.45) is 0 Å². The van der Waals surface area contributed by atoms with Crippen LogP contribution < -0.4 is 5.32 Å². The molecule has 0 saturated heterocycles. The Kier molecular flexibility index (Phi) is 3.85. The molecule has 1 aromatic rings. The van der Waals surface area contributed by atoms with Crippen molar-refractivity contribution in [3.05, 3.63) is 5.51 Å². The summed E-state index contributed by atoms with van der Waals surface area (Å²) in [5, 5.41) is 5.56. The number of nitrogens with zero attached hydrogens (tertiary/aromatic N) is 2. The zero-order chi connectivity index (χ0) is 19.7. The van der Waals surface area contributed by atoms with E-state index < -0.39 is 46.3 Å². The molecule has 1 saturated carbocycles. The van der Waals surface area contributed by atoms with E-state index in [1.807, 2.05) is 0 Å². The molecule has 1 heterocycles. The van der Waals surface area contributed by atoms with Crippen LogP contribution in [-0.4, -0.2) is 51.4 Å². The highest BCUT2D eigenvalue weighted by molar-refractivity contribution is 7.13. The van der Waals surface area contributed by atoms with E-state index >= 15 is 0 Å². The fourth-order valence-electron chi connectivity index (χ4n) is 1.92. The molecule has 0 aromatic carbocycles. The number of halogens is 11. The smallest absolute Gasteiger partial charge is 0.297 e. The van der Waals surface area contributed by atoms with Gasteiger partial charge in [-0.2, -0.15) is 43.9 Å². The van der Waals surface area contributed by atoms with Crippen LogP contribution in [0.25, 0.3) is 0 Å². The average molecular weight is 409 g/mol. The van der Waals surface area contributed by atoms with Crippen molar-refractivity contribution in [3.8, 4) is 0 Å². The number of alkyl halides is 11. The van der Waals surface area contributed by atoms with Crippen molar-refractivity contribution in [2.75, 3.05) is 5.32 Å². The van der Waals surface area contributed by atoms with Crippen LogP contribution in [0.15, 0.2) is 5.51 Å². The van der Waals surface area contributed by atoms with E-state index in [1.165, 1.54) is 0 Å². The van der Waals surface area contributed by atoms with Crippen LogP contribution in [0.4, 0.5) is 53.4 Å². The van der Waals surface area contributed by atoms with Gasteiger partial charge in [0.2, 0.25) is 5.13 Å². The molecule has 25 heavy (non-hydrogen) atoms. The first kappa shape index (κ1) is 19.6. The highest BCUT2D eigenvalue weighted by Gasteiger charge is 3.02. The number of carbonyl (C=O) groups excluding carboxylic acids is 1. The van der Waals surface area contributed by atoms with Crippen LogP contribution >= 0.6 is 11.3 Å². The number of anilines is 1. The molecule has 16 heteroatoms. The number of hydrogen-bond donors (Lipinski definition) is 1. The first-order valence-electron chi connectivity index (χ1n) is 5.65. The maximum absolute atomic E-state index is 14.2. The summed E-state index contributed by atoms with van der Waals surface area (Å²) < 4.78 is 147. The number of amides is 1. The fourth-order valence-corrected chi connectivity index (χ4v) is 2.36. The third kappa shape index (κ3) is 1.90. The lowest BCUT2D eigenvalue weighted by molar-refractivity contribution is -0.475. The lowest BCUT2D eigenvalue weighted by Gasteiger charge is -2.51. The van der Waals surface area contributed by atoms with E-state index in [0.29, 0.717) is 0 Å². The molecule has 142 valence electrons. The molecule has 1 aliphatic rings. The molecule has 1 fully saturated rings. The third-order valence-electron chi connectivity index (χ3n) is 3.34. The largest absolute Gasteiger partial charge is 0.384 e. The van der Waals surface area contributed by atoms with Crippen LogP contribution in [-0.2, 0) is 4.79 Å². The van der Waals surface area contributed by atoms with Crippen LogP contribution in [0.1, 0.15) is 0 Å². The summed E-state index contributed by atoms with van der Waals surface area (Å²) in [5.74, 6) is -39.9. The van der Waals surface area contributed by atoms with Crippen LogP contribution in [0, 0.1) is 0 Å². The van der Waals surface area contributed by atoms with Gasteiger partial charge in [0, 0.05) is 0 Å². The lowest BCUT2D eigenvalue weighted by Crippen LogP contribution is -2.86. The van der Waals surface area contributed by atoms with Crippen molar-refractivity contribution in [1.82, 2.24) is 10.2 Å². The lowest BCUT2D eigenvalue weighted by atomic mass is 9.71. The summed E-state index contributed by atoms with van der Waals surface area (Å²) >= 11 is 0.180. The topological polar surface area (TPSA) is 54.9 Å². The molecule has 1 aromatic heterocycles. The van der Waals surface area contributed by atoms with Gasteiger partial charge in [-0.15, -0.1) is 10.2 Å². The molecule has 0 unspecified atom stereocenters. The van der Waals surface area contributed by atoms with E-state index in [9.17, 15) is 53.1 Å². The molecular weight excluding hydrogens is 407 g/mol. The van der Waals surface area contributed by atoms with E-state index in [2.05, 4.69) is 10.2 Å². The quantitative estimate of drug-likeness (QED) is 0.763. The molecule has 0 bridgehead atoms. The summed E-state index contributed by atoms with van der Waals surface area (Å²) in [7, 11) is 0. The summed E-state index contributed by atoms with van der Waals surface area (Å²) in [6.07, 6.45) is 0. The van der Waals surface area contributed by atoms with Crippen molar-refractivity contribution >= 4 is 22.4 Å². The number of hydrogen-bond acceptors (Lipinski definition) is 4. The number of nitrogens with one attached hydrogen (secondary N) is 1. The second kappa shape index (κ2) is 4.91. The van der Waals surface area contributed by atoms with Gasteiger partial charge in [-0.3, -0.25) is 10.1 Å². The maximum Gasteiger partial charge on any atom is 0.384 e. The van der Waals surface area contributed by atoms with Crippen LogP contribution in [0.3, 0.4) is 0 Å². The number of carbonyl (C=O) groups is 1. The molecule has 1 aliphatic carbocycles. The normalized spacial score (nSPS) is 27.5. The Morgan fingerprint density at radius 3 is 1.56 bits per heavy atom. The molecular formula is C9H2F11N3OS. The van der Waals surface area contributed by atoms with Gasteiger partial charge in [-0.25, -0.2) is 4.39 Å². The summed E-state index contributed by atoms with van der Waals surface area (Å²) in [4.78, 5) is 11.4. The van der Waals surface area contributed by atoms with Crippen molar-refractivity contribution in [2.45, 2.75) is 35.3 Å². The Balaban J connectivity index is 2.71. The molecule has 2 rings (SSSR count). The second-order valence-corrected chi connectivity index (χ2v) is 5.56. The van der Waals surface area contributed by atoms with Gasteiger partial charge in [0.25, 0.3) is 5.91 Å². The van der Waals surface area contributed by atoms with Gasteiger partial charge >= 0.3 is 35.3 Å². The van der Waals surface area contributed by atoms with Crippen LogP contribution in [0.5, 0.6) is 0 Å². The minimum absolute atomic E-state index is 0.180. The Hall–Kier alpha value is -1.74. The fraction of sp³-hybridized carbons (Fsp3) is 0.667. The molecule has 0 spiro atoms. The molecule has 0 radical (unpaired) electrons. The van der Waals surface area contributed by atoms with E-state index in [4.69, 9.17) is 0 Å². The third-order valence-corrected chi connectivity index (χ3v) is 3.94. The van der Waals surface area contributed by atoms with Gasteiger partial charge in [0.05, 0.1) is 0 Å². The number of aromatic nitrogens is 2. The van der Waals surface area contributed by atoms with E-state index in [1.54, 1.807) is 0 Å². The molecule has 1 amide bonds. The zero-order valence-corrected chi connectivity index (χ0v) is 11.8. The first-order valence-corrected chi connectivity index (χ1v) is 6.53. The van der Waals surface area contributed by atoms with Crippen LogP contribution in [0.2, 0.25) is 0 Å². The van der Waals surface area contributed by atoms with Gasteiger partial charge < -0.3 is 0 Å². The minimum Gasteiger partial charge on any atom is -0.297 e. The minimum atomic E-state index is -7.37. The molecule has 0 atom stereocenters. The van der Waals surface area contributed by atoms with Gasteiger partial charge in [-0.1, -0.05) is 11.3 Å². The van der Waals surface area contributed by atoms with Gasteiger partial charge in [-0.05, 0) is 0 Å². The van der Waals surface area contributed by atoms with Crippen molar-refractivity contribution in [3.63, 3.8) is 0 Å². The maximum atomic E-state index is 14.2. The Morgan fingerprint density at radius 2 is 1.20 bits per heavy atom. The van der Waals surface area contributed by atoms with Gasteiger partial charge in [0.1, 0.15) is 5.51 Å². The predicted molar refractivity (Wildman–Crippen MR) is 57.1 cm³/mol. The highest BCUT2D eigenvalue weighted by atomic mass is 32.1. The zero-order valence-electron chi connectivity index (χ0n) is 10.9. The van der Waals surface area contributed by atoms with E-state index in [0.717, 1.165) is 10.8 Å². The van der Waals surface area contributed by atoms with Crippen molar-refractivity contribution in [1.29, 1.82) is 0 Å². The molecule has 0 aliphatic heterocycles.